The molecular formula is C22H28AsFN2O6S. The number of hydrogen-bond acceptors (Lipinski definition) is 7. The van der Waals surface area contributed by atoms with Crippen molar-refractivity contribution in [3.05, 3.63) is 47.4 Å². The number of carboxylic acid groups (broad SMARTS) is 1. The molecule has 1 aromatic carbocycles. The Bertz CT molecular complexity index is 1120. The maximum absolute atomic E-state index is 13.5. The minimum absolute atomic E-state index is 0.123. The van der Waals surface area contributed by atoms with Crippen LogP contribution < -0.4 is 4.61 Å². The molecule has 0 aliphatic rings. The number of halogens is 1. The van der Waals surface area contributed by atoms with Gasteiger partial charge in [0, 0.05) is 0 Å². The van der Waals surface area contributed by atoms with E-state index >= 15 is 0 Å². The van der Waals surface area contributed by atoms with E-state index in [9.17, 15) is 27.8 Å². The number of aliphatic hydroxyl groups excluding tert-OH is 2. The third-order valence-electron chi connectivity index (χ3n) is 4.82. The monoisotopic (exact) mass is 542 g/mol. The Morgan fingerprint density at radius 2 is 1.79 bits per heavy atom. The first-order valence-corrected chi connectivity index (χ1v) is 17.1. The third kappa shape index (κ3) is 7.71. The Kier molecular flexibility index (Phi) is 9.31. The van der Waals surface area contributed by atoms with Crippen LogP contribution in [0.25, 0.3) is 17.3 Å². The van der Waals surface area contributed by atoms with E-state index in [0.29, 0.717) is 22.5 Å². The van der Waals surface area contributed by atoms with E-state index in [1.54, 1.807) is 11.8 Å². The van der Waals surface area contributed by atoms with Gasteiger partial charge in [-0.05, 0) is 0 Å². The summed E-state index contributed by atoms with van der Waals surface area (Å²) in [6.45, 7) is 3.77. The second-order valence-corrected chi connectivity index (χ2v) is 19.4. The number of rotatable bonds is 10. The SMILES string of the molecule is CC(C)c1nc([As](C)S(C)(=O)=O)nc(-c2ccc(F)cc2)c1/C=C/[C@@H](O)C[C@@H](O)CC(=O)O. The summed E-state index contributed by atoms with van der Waals surface area (Å²) in [5.41, 5.74) is 3.70. The van der Waals surface area contributed by atoms with Crippen LogP contribution in [0.3, 0.4) is 0 Å². The topological polar surface area (TPSA) is 138 Å². The van der Waals surface area contributed by atoms with Gasteiger partial charge in [-0.2, -0.15) is 0 Å². The fraction of sp³-hybridized carbons (Fsp3) is 0.409. The Balaban J connectivity index is 2.61. The van der Waals surface area contributed by atoms with Crippen molar-refractivity contribution in [1.82, 2.24) is 9.97 Å². The molecule has 0 saturated heterocycles. The van der Waals surface area contributed by atoms with Crippen LogP contribution in [0.15, 0.2) is 30.3 Å². The van der Waals surface area contributed by atoms with Crippen LogP contribution in [0.1, 0.15) is 43.9 Å². The van der Waals surface area contributed by atoms with Gasteiger partial charge in [0.2, 0.25) is 0 Å². The number of aromatic nitrogens is 2. The van der Waals surface area contributed by atoms with Gasteiger partial charge in [0.1, 0.15) is 0 Å². The van der Waals surface area contributed by atoms with Crippen LogP contribution in [0.5, 0.6) is 0 Å². The number of hydrogen-bond donors (Lipinski definition) is 3. The number of nitrogens with zero attached hydrogens (tertiary/aromatic N) is 2. The Morgan fingerprint density at radius 3 is 2.30 bits per heavy atom. The van der Waals surface area contributed by atoms with Crippen molar-refractivity contribution in [1.29, 1.82) is 0 Å². The molecule has 3 N–H and O–H groups in total. The summed E-state index contributed by atoms with van der Waals surface area (Å²) in [5, 5.41) is 28.8. The van der Waals surface area contributed by atoms with Gasteiger partial charge >= 0.3 is 197 Å². The van der Waals surface area contributed by atoms with Crippen molar-refractivity contribution < 1.29 is 32.9 Å². The van der Waals surface area contributed by atoms with Crippen molar-refractivity contribution in [2.45, 2.75) is 50.5 Å². The van der Waals surface area contributed by atoms with E-state index in [2.05, 4.69) is 9.97 Å². The Hall–Kier alpha value is -2.13. The summed E-state index contributed by atoms with van der Waals surface area (Å²) in [6.07, 6.45) is 1.12. The van der Waals surface area contributed by atoms with Gasteiger partial charge in [-0.25, -0.2) is 0 Å². The van der Waals surface area contributed by atoms with Gasteiger partial charge in [0.25, 0.3) is 0 Å². The predicted octanol–water partition coefficient (Wildman–Crippen LogP) is 1.88. The molecule has 0 spiro atoms. The molecule has 3 atom stereocenters. The summed E-state index contributed by atoms with van der Waals surface area (Å²) >= 11 is -2.64. The zero-order valence-electron chi connectivity index (χ0n) is 18.8. The van der Waals surface area contributed by atoms with Gasteiger partial charge in [0.15, 0.2) is 0 Å². The average molecular weight is 542 g/mol. The fourth-order valence-corrected chi connectivity index (χ4v) is 6.66. The van der Waals surface area contributed by atoms with E-state index in [4.69, 9.17) is 5.11 Å². The van der Waals surface area contributed by atoms with Gasteiger partial charge in [-0.1, -0.05) is 0 Å². The fourth-order valence-electron chi connectivity index (χ4n) is 3.05. The molecule has 1 heterocycles. The van der Waals surface area contributed by atoms with Crippen molar-refractivity contribution in [2.75, 3.05) is 6.26 Å². The molecule has 8 nitrogen and oxygen atoms in total. The first-order valence-electron chi connectivity index (χ1n) is 10.2. The Morgan fingerprint density at radius 1 is 1.18 bits per heavy atom. The molecule has 0 bridgehead atoms. The molecule has 180 valence electrons. The van der Waals surface area contributed by atoms with E-state index in [1.165, 1.54) is 30.3 Å². The number of carbonyl (C=O) groups is 1. The standard InChI is InChI=1S/C22H28AsFN2O6S/c1-13(2)20-18(10-9-16(27)11-17(28)12-19(29)30)21(14-5-7-15(24)8-6-14)26-22(25-20)23(3)33(4,31)32/h5-10,13,16-17,27-28H,11-12H2,1-4H3,(H,29,30)/b10-9+/t16-,17-,23?/m1/s1. The quantitative estimate of drug-likeness (QED) is 0.387. The molecular weight excluding hydrogens is 514 g/mol. The van der Waals surface area contributed by atoms with Gasteiger partial charge in [-0.15, -0.1) is 0 Å². The summed E-state index contributed by atoms with van der Waals surface area (Å²) in [4.78, 5) is 19.8. The van der Waals surface area contributed by atoms with E-state index in [0.717, 1.165) is 6.26 Å². The molecule has 0 aliphatic heterocycles. The molecule has 0 amide bonds. The number of benzene rings is 1. The summed E-state index contributed by atoms with van der Waals surface area (Å²) in [6, 6.07) is 5.61. The third-order valence-corrected chi connectivity index (χ3v) is 14.5. The molecule has 1 unspecified atom stereocenters. The normalized spacial score (nSPS) is 15.0. The van der Waals surface area contributed by atoms with Gasteiger partial charge in [0.05, 0.1) is 0 Å². The van der Waals surface area contributed by atoms with E-state index < -0.39 is 52.0 Å². The van der Waals surface area contributed by atoms with Crippen molar-refractivity contribution in [3.8, 4) is 11.3 Å². The van der Waals surface area contributed by atoms with Gasteiger partial charge < -0.3 is 0 Å². The molecule has 0 saturated carbocycles. The first kappa shape index (κ1) is 27.1. The number of carboxylic acids is 1. The summed E-state index contributed by atoms with van der Waals surface area (Å²) in [5.74, 6) is -1.73. The number of aliphatic hydroxyl groups is 2. The van der Waals surface area contributed by atoms with Crippen molar-refractivity contribution >= 4 is 38.3 Å². The molecule has 0 radical (unpaired) electrons. The summed E-state index contributed by atoms with van der Waals surface area (Å²) < 4.78 is 38.2. The van der Waals surface area contributed by atoms with Crippen LogP contribution in [0.4, 0.5) is 4.39 Å². The minimum atomic E-state index is -3.34. The van der Waals surface area contributed by atoms with Crippen LogP contribution in [0, 0.1) is 5.82 Å². The molecule has 0 aliphatic carbocycles. The predicted molar refractivity (Wildman–Crippen MR) is 126 cm³/mol. The van der Waals surface area contributed by atoms with Crippen LogP contribution in [0.2, 0.25) is 5.71 Å². The first-order chi connectivity index (χ1) is 15.3. The van der Waals surface area contributed by atoms with Gasteiger partial charge in [-0.3, -0.25) is 0 Å². The second-order valence-electron chi connectivity index (χ2n) is 7.98. The second kappa shape index (κ2) is 11.3. The van der Waals surface area contributed by atoms with E-state index in [-0.39, 0.29) is 17.0 Å². The van der Waals surface area contributed by atoms with Crippen LogP contribution >= 0.6 is 0 Å². The van der Waals surface area contributed by atoms with Crippen LogP contribution in [-0.4, -0.2) is 71.6 Å². The van der Waals surface area contributed by atoms with Crippen molar-refractivity contribution in [3.63, 3.8) is 0 Å². The van der Waals surface area contributed by atoms with Crippen LogP contribution in [-0.2, 0) is 12.9 Å². The zero-order chi connectivity index (χ0) is 24.9. The molecule has 1 aromatic heterocycles. The number of aliphatic carboxylic acids is 1. The molecule has 33 heavy (non-hydrogen) atoms. The maximum atomic E-state index is 13.5. The molecule has 2 rings (SSSR count). The molecule has 0 fully saturated rings. The Labute approximate surface area is 196 Å². The molecule has 2 aromatic rings. The average Bonchev–Trinajstić information content (AvgIpc) is 2.70. The van der Waals surface area contributed by atoms with E-state index in [1.807, 2.05) is 13.8 Å². The molecule has 11 heteroatoms. The summed E-state index contributed by atoms with van der Waals surface area (Å²) in [7, 11) is -3.34. The zero-order valence-corrected chi connectivity index (χ0v) is 21.5. The van der Waals surface area contributed by atoms with Crippen molar-refractivity contribution in [2.24, 2.45) is 0 Å².